The van der Waals surface area contributed by atoms with Gasteiger partial charge in [-0.05, 0) is 31.5 Å². The molecule has 2 heterocycles. The normalized spacial score (nSPS) is 17.4. The van der Waals surface area contributed by atoms with E-state index < -0.39 is 0 Å². The van der Waals surface area contributed by atoms with Crippen LogP contribution in [0.4, 0.5) is 0 Å². The minimum absolute atomic E-state index is 0.0134. The predicted molar refractivity (Wildman–Crippen MR) is 92.1 cm³/mol. The van der Waals surface area contributed by atoms with Crippen molar-refractivity contribution in [1.29, 1.82) is 0 Å². The SMILES string of the molecule is C=CCN(CC=C)C(=O)CN1CCCC1C(=O)NCc1ccco1. The maximum atomic E-state index is 12.4. The van der Waals surface area contributed by atoms with Gasteiger partial charge in [0.05, 0.1) is 25.4 Å². The van der Waals surface area contributed by atoms with Crippen LogP contribution in [0.1, 0.15) is 18.6 Å². The lowest BCUT2D eigenvalue weighted by Crippen LogP contribution is -2.47. The molecule has 0 saturated carbocycles. The van der Waals surface area contributed by atoms with Crippen LogP contribution in [0.15, 0.2) is 48.1 Å². The molecule has 6 heteroatoms. The summed E-state index contributed by atoms with van der Waals surface area (Å²) >= 11 is 0. The topological polar surface area (TPSA) is 65.8 Å². The lowest BCUT2D eigenvalue weighted by atomic mass is 10.2. The molecule has 0 spiro atoms. The van der Waals surface area contributed by atoms with Crippen molar-refractivity contribution in [3.8, 4) is 0 Å². The zero-order valence-corrected chi connectivity index (χ0v) is 13.9. The smallest absolute Gasteiger partial charge is 0.237 e. The second-order valence-corrected chi connectivity index (χ2v) is 5.80. The van der Waals surface area contributed by atoms with Gasteiger partial charge in [-0.2, -0.15) is 0 Å². The third kappa shape index (κ3) is 4.83. The maximum absolute atomic E-state index is 12.4. The first-order valence-electron chi connectivity index (χ1n) is 8.19. The van der Waals surface area contributed by atoms with Crippen LogP contribution in [0.2, 0.25) is 0 Å². The second kappa shape index (κ2) is 9.08. The van der Waals surface area contributed by atoms with Crippen molar-refractivity contribution in [2.45, 2.75) is 25.4 Å². The highest BCUT2D eigenvalue weighted by Crippen LogP contribution is 2.17. The summed E-state index contributed by atoms with van der Waals surface area (Å²) in [4.78, 5) is 28.5. The molecule has 0 radical (unpaired) electrons. The van der Waals surface area contributed by atoms with E-state index in [0.29, 0.717) is 25.4 Å². The number of likely N-dealkylation sites (tertiary alicyclic amines) is 1. The van der Waals surface area contributed by atoms with Crippen LogP contribution in [0.25, 0.3) is 0 Å². The van der Waals surface area contributed by atoms with E-state index in [9.17, 15) is 9.59 Å². The number of hydrogen-bond donors (Lipinski definition) is 1. The van der Waals surface area contributed by atoms with Crippen molar-refractivity contribution in [3.05, 3.63) is 49.5 Å². The summed E-state index contributed by atoms with van der Waals surface area (Å²) in [5.41, 5.74) is 0. The number of furan rings is 1. The third-order valence-electron chi connectivity index (χ3n) is 4.07. The van der Waals surface area contributed by atoms with E-state index >= 15 is 0 Å². The first kappa shape index (κ1) is 18.0. The van der Waals surface area contributed by atoms with Crippen LogP contribution in [-0.2, 0) is 16.1 Å². The third-order valence-corrected chi connectivity index (χ3v) is 4.07. The van der Waals surface area contributed by atoms with Gasteiger partial charge >= 0.3 is 0 Å². The van der Waals surface area contributed by atoms with E-state index in [4.69, 9.17) is 4.42 Å². The van der Waals surface area contributed by atoms with Crippen LogP contribution in [0.3, 0.4) is 0 Å². The summed E-state index contributed by atoms with van der Waals surface area (Å²) in [7, 11) is 0. The number of amides is 2. The van der Waals surface area contributed by atoms with Gasteiger partial charge < -0.3 is 14.6 Å². The van der Waals surface area contributed by atoms with Crippen molar-refractivity contribution < 1.29 is 14.0 Å². The Morgan fingerprint density at radius 2 is 2.12 bits per heavy atom. The molecule has 1 atom stereocenters. The largest absolute Gasteiger partial charge is 0.467 e. The van der Waals surface area contributed by atoms with Crippen LogP contribution < -0.4 is 5.32 Å². The average molecular weight is 331 g/mol. The zero-order valence-electron chi connectivity index (χ0n) is 13.9. The predicted octanol–water partition coefficient (Wildman–Crippen LogP) is 1.56. The van der Waals surface area contributed by atoms with Gasteiger partial charge in [0.15, 0.2) is 0 Å². The zero-order chi connectivity index (χ0) is 17.4. The molecule has 130 valence electrons. The summed E-state index contributed by atoms with van der Waals surface area (Å²) in [5.74, 6) is 0.642. The van der Waals surface area contributed by atoms with E-state index in [2.05, 4.69) is 18.5 Å². The van der Waals surface area contributed by atoms with Crippen molar-refractivity contribution in [2.75, 3.05) is 26.2 Å². The fourth-order valence-electron chi connectivity index (χ4n) is 2.88. The number of carbonyl (C=O) groups is 2. The first-order chi connectivity index (χ1) is 11.7. The first-order valence-corrected chi connectivity index (χ1v) is 8.19. The fourth-order valence-corrected chi connectivity index (χ4v) is 2.88. The van der Waals surface area contributed by atoms with E-state index in [1.54, 1.807) is 29.4 Å². The lowest BCUT2D eigenvalue weighted by Gasteiger charge is -2.26. The van der Waals surface area contributed by atoms with Crippen LogP contribution in [0.5, 0.6) is 0 Å². The molecule has 0 aliphatic carbocycles. The molecule has 2 rings (SSSR count). The molecule has 6 nitrogen and oxygen atoms in total. The maximum Gasteiger partial charge on any atom is 0.237 e. The minimum atomic E-state index is -0.266. The monoisotopic (exact) mass is 331 g/mol. The molecule has 2 amide bonds. The van der Waals surface area contributed by atoms with Crippen LogP contribution in [0, 0.1) is 0 Å². The van der Waals surface area contributed by atoms with Gasteiger partial charge in [-0.25, -0.2) is 0 Å². The Labute approximate surface area is 142 Å². The van der Waals surface area contributed by atoms with Gasteiger partial charge in [-0.15, -0.1) is 13.2 Å². The van der Waals surface area contributed by atoms with Crippen molar-refractivity contribution in [1.82, 2.24) is 15.1 Å². The van der Waals surface area contributed by atoms with E-state index in [-0.39, 0.29) is 24.4 Å². The Morgan fingerprint density at radius 3 is 2.75 bits per heavy atom. The Balaban J connectivity index is 1.89. The van der Waals surface area contributed by atoms with Gasteiger partial charge in [0.25, 0.3) is 0 Å². The van der Waals surface area contributed by atoms with Crippen LogP contribution >= 0.6 is 0 Å². The van der Waals surface area contributed by atoms with Gasteiger partial charge in [-0.1, -0.05) is 12.2 Å². The summed E-state index contributed by atoms with van der Waals surface area (Å²) in [6.45, 7) is 9.66. The molecule has 1 aliphatic rings. The van der Waals surface area contributed by atoms with E-state index in [0.717, 1.165) is 19.4 Å². The Bertz CT molecular complexity index is 558. The molecule has 1 aromatic rings. The minimum Gasteiger partial charge on any atom is -0.467 e. The average Bonchev–Trinajstić information content (AvgIpc) is 3.24. The molecule has 24 heavy (non-hydrogen) atoms. The summed E-state index contributed by atoms with van der Waals surface area (Å²) in [5, 5.41) is 2.88. The fraction of sp³-hybridized carbons (Fsp3) is 0.444. The molecule has 1 unspecified atom stereocenters. The van der Waals surface area contributed by atoms with Gasteiger partial charge in [0.2, 0.25) is 11.8 Å². The molecule has 1 N–H and O–H groups in total. The number of nitrogens with zero attached hydrogens (tertiary/aromatic N) is 2. The molecule has 0 bridgehead atoms. The number of hydrogen-bond acceptors (Lipinski definition) is 4. The molecule has 1 fully saturated rings. The van der Waals surface area contributed by atoms with Crippen molar-refractivity contribution in [3.63, 3.8) is 0 Å². The number of rotatable bonds is 9. The van der Waals surface area contributed by atoms with Gasteiger partial charge in [0.1, 0.15) is 5.76 Å². The Hall–Kier alpha value is -2.34. The highest BCUT2D eigenvalue weighted by atomic mass is 16.3. The summed E-state index contributed by atoms with van der Waals surface area (Å²) in [6.07, 6.45) is 6.64. The number of nitrogens with one attached hydrogen (secondary N) is 1. The molecule has 1 saturated heterocycles. The molecule has 1 aliphatic heterocycles. The van der Waals surface area contributed by atoms with Gasteiger partial charge in [-0.3, -0.25) is 14.5 Å². The van der Waals surface area contributed by atoms with Crippen molar-refractivity contribution in [2.24, 2.45) is 0 Å². The molecule has 1 aromatic heterocycles. The molecule has 0 aromatic carbocycles. The summed E-state index contributed by atoms with van der Waals surface area (Å²) < 4.78 is 5.22. The molecular weight excluding hydrogens is 306 g/mol. The second-order valence-electron chi connectivity index (χ2n) is 5.80. The van der Waals surface area contributed by atoms with E-state index in [1.165, 1.54) is 0 Å². The molecular formula is C18H25N3O3. The standard InChI is InChI=1S/C18H25N3O3/c1-3-9-20(10-4-2)17(22)14-21-11-5-8-16(21)18(23)19-13-15-7-6-12-24-15/h3-4,6-7,12,16H,1-2,5,8-11,13-14H2,(H,19,23). The van der Waals surface area contributed by atoms with E-state index in [1.807, 2.05) is 11.0 Å². The van der Waals surface area contributed by atoms with Crippen molar-refractivity contribution >= 4 is 11.8 Å². The van der Waals surface area contributed by atoms with Gasteiger partial charge in [0, 0.05) is 13.1 Å². The summed E-state index contributed by atoms with van der Waals surface area (Å²) in [6, 6.07) is 3.34. The Morgan fingerprint density at radius 1 is 1.38 bits per heavy atom. The highest BCUT2D eigenvalue weighted by Gasteiger charge is 2.32. The number of carbonyl (C=O) groups excluding carboxylic acids is 2. The lowest BCUT2D eigenvalue weighted by molar-refractivity contribution is -0.133. The quantitative estimate of drug-likeness (QED) is 0.698. The Kier molecular flexibility index (Phi) is 6.81. The highest BCUT2D eigenvalue weighted by molar-refractivity contribution is 5.84. The van der Waals surface area contributed by atoms with Crippen LogP contribution in [-0.4, -0.2) is 53.8 Å².